The molecule has 0 saturated carbocycles. The number of para-hydroxylation sites is 2. The largest absolute Gasteiger partial charge is 0.493 e. The molecule has 1 amide bonds. The topological polar surface area (TPSA) is 91.8 Å². The van der Waals surface area contributed by atoms with E-state index in [1.165, 1.54) is 0 Å². The maximum Gasteiger partial charge on any atom is 0.251 e. The molecule has 2 heterocycles. The molecule has 5 rings (SSSR count). The molecule has 0 spiro atoms. The van der Waals surface area contributed by atoms with Crippen LogP contribution in [0.2, 0.25) is 0 Å². The lowest BCUT2D eigenvalue weighted by Crippen LogP contribution is -2.22. The Morgan fingerprint density at radius 2 is 1.76 bits per heavy atom. The molecule has 0 bridgehead atoms. The maximum absolute atomic E-state index is 12.7. The van der Waals surface area contributed by atoms with Crippen molar-refractivity contribution in [2.75, 3.05) is 13.9 Å². The molecule has 0 aliphatic carbocycles. The van der Waals surface area contributed by atoms with Crippen LogP contribution in [0.4, 0.5) is 0 Å². The number of ether oxygens (including phenoxy) is 4. The molecule has 0 atom stereocenters. The highest BCUT2D eigenvalue weighted by Gasteiger charge is 2.14. The fourth-order valence-electron chi connectivity index (χ4n) is 3.50. The molecule has 0 unspecified atom stereocenters. The summed E-state index contributed by atoms with van der Waals surface area (Å²) in [4.78, 5) is 12.7. The summed E-state index contributed by atoms with van der Waals surface area (Å²) in [7, 11) is 1.58. The van der Waals surface area contributed by atoms with Crippen LogP contribution in [0.15, 0.2) is 78.9 Å². The molecule has 8 heteroatoms. The van der Waals surface area contributed by atoms with E-state index in [0.717, 1.165) is 11.1 Å². The van der Waals surface area contributed by atoms with E-state index in [1.54, 1.807) is 43.5 Å². The van der Waals surface area contributed by atoms with Crippen molar-refractivity contribution in [3.8, 4) is 40.1 Å². The van der Waals surface area contributed by atoms with Crippen LogP contribution in [0.3, 0.4) is 0 Å². The number of carbonyl (C=O) groups is 1. The number of aromatic nitrogens is 2. The SMILES string of the molecule is COc1ccccc1Oc1ccc(-c2cccc(C(=O)NCc3ccc4c(c3)OCO4)c2)nn1. The minimum Gasteiger partial charge on any atom is -0.493 e. The molecule has 34 heavy (non-hydrogen) atoms. The van der Waals surface area contributed by atoms with Crippen LogP contribution in [0.1, 0.15) is 15.9 Å². The second-order valence-corrected chi connectivity index (χ2v) is 7.46. The van der Waals surface area contributed by atoms with Gasteiger partial charge in [0.25, 0.3) is 5.91 Å². The molecule has 0 saturated heterocycles. The first-order valence-electron chi connectivity index (χ1n) is 10.6. The average Bonchev–Trinajstić information content (AvgIpc) is 3.36. The zero-order valence-electron chi connectivity index (χ0n) is 18.4. The van der Waals surface area contributed by atoms with Crippen molar-refractivity contribution in [2.45, 2.75) is 6.54 Å². The average molecular weight is 455 g/mol. The van der Waals surface area contributed by atoms with Crippen molar-refractivity contribution in [3.63, 3.8) is 0 Å². The van der Waals surface area contributed by atoms with Gasteiger partial charge >= 0.3 is 0 Å². The van der Waals surface area contributed by atoms with Gasteiger partial charge in [0, 0.05) is 23.7 Å². The summed E-state index contributed by atoms with van der Waals surface area (Å²) >= 11 is 0. The Labute approximate surface area is 196 Å². The Morgan fingerprint density at radius 3 is 2.59 bits per heavy atom. The Morgan fingerprint density at radius 1 is 0.912 bits per heavy atom. The fraction of sp³-hybridized carbons (Fsp3) is 0.115. The predicted octanol–water partition coefficient (Wildman–Crippen LogP) is 4.60. The Bertz CT molecular complexity index is 1320. The molecular formula is C26H21N3O5. The summed E-state index contributed by atoms with van der Waals surface area (Å²) in [5, 5.41) is 11.3. The number of fused-ring (bicyclic) bond motifs is 1. The first kappa shape index (κ1) is 21.3. The van der Waals surface area contributed by atoms with Gasteiger partial charge in [0.1, 0.15) is 0 Å². The smallest absolute Gasteiger partial charge is 0.251 e. The second-order valence-electron chi connectivity index (χ2n) is 7.46. The number of rotatable bonds is 7. The molecule has 3 aromatic carbocycles. The van der Waals surface area contributed by atoms with Gasteiger partial charge < -0.3 is 24.3 Å². The molecule has 8 nitrogen and oxygen atoms in total. The van der Waals surface area contributed by atoms with E-state index in [1.807, 2.05) is 42.5 Å². The van der Waals surface area contributed by atoms with E-state index in [9.17, 15) is 4.79 Å². The molecule has 1 N–H and O–H groups in total. The number of nitrogens with zero attached hydrogens (tertiary/aromatic N) is 2. The van der Waals surface area contributed by atoms with Gasteiger partial charge in [-0.2, -0.15) is 0 Å². The predicted molar refractivity (Wildman–Crippen MR) is 124 cm³/mol. The molecule has 0 radical (unpaired) electrons. The second kappa shape index (κ2) is 9.50. The molecule has 0 fully saturated rings. The van der Waals surface area contributed by atoms with Crippen LogP contribution in [-0.4, -0.2) is 30.0 Å². The monoisotopic (exact) mass is 455 g/mol. The summed E-state index contributed by atoms with van der Waals surface area (Å²) < 4.78 is 21.8. The molecule has 4 aromatic rings. The highest BCUT2D eigenvalue weighted by Crippen LogP contribution is 2.32. The maximum atomic E-state index is 12.7. The molecule has 1 aliphatic rings. The van der Waals surface area contributed by atoms with Crippen molar-refractivity contribution in [2.24, 2.45) is 0 Å². The number of benzene rings is 3. The van der Waals surface area contributed by atoms with E-state index in [0.29, 0.717) is 46.7 Å². The summed E-state index contributed by atoms with van der Waals surface area (Å²) in [6, 6.07) is 23.6. The van der Waals surface area contributed by atoms with Crippen LogP contribution in [0.25, 0.3) is 11.3 Å². The van der Waals surface area contributed by atoms with Gasteiger partial charge in [0.15, 0.2) is 23.0 Å². The van der Waals surface area contributed by atoms with Crippen molar-refractivity contribution in [1.29, 1.82) is 0 Å². The molecule has 1 aliphatic heterocycles. The van der Waals surface area contributed by atoms with Crippen LogP contribution in [0.5, 0.6) is 28.9 Å². The van der Waals surface area contributed by atoms with Gasteiger partial charge in [0.2, 0.25) is 12.7 Å². The molecule has 170 valence electrons. The lowest BCUT2D eigenvalue weighted by molar-refractivity contribution is 0.0951. The highest BCUT2D eigenvalue weighted by atomic mass is 16.7. The van der Waals surface area contributed by atoms with Gasteiger partial charge in [0.05, 0.1) is 12.8 Å². The van der Waals surface area contributed by atoms with Gasteiger partial charge in [-0.25, -0.2) is 0 Å². The zero-order valence-corrected chi connectivity index (χ0v) is 18.4. The third kappa shape index (κ3) is 4.61. The number of carbonyl (C=O) groups excluding carboxylic acids is 1. The van der Waals surface area contributed by atoms with Gasteiger partial charge in [-0.3, -0.25) is 4.79 Å². The number of amides is 1. The Hall–Kier alpha value is -4.59. The van der Waals surface area contributed by atoms with E-state index in [4.69, 9.17) is 18.9 Å². The lowest BCUT2D eigenvalue weighted by Gasteiger charge is -2.09. The van der Waals surface area contributed by atoms with E-state index < -0.39 is 0 Å². The van der Waals surface area contributed by atoms with Crippen molar-refractivity contribution < 1.29 is 23.7 Å². The molecule has 1 aromatic heterocycles. The van der Waals surface area contributed by atoms with Crippen LogP contribution in [-0.2, 0) is 6.54 Å². The summed E-state index contributed by atoms with van der Waals surface area (Å²) in [6.45, 7) is 0.586. The van der Waals surface area contributed by atoms with Crippen LogP contribution in [0, 0.1) is 0 Å². The number of hydrogen-bond acceptors (Lipinski definition) is 7. The van der Waals surface area contributed by atoms with Crippen molar-refractivity contribution >= 4 is 5.91 Å². The zero-order chi connectivity index (χ0) is 23.3. The van der Waals surface area contributed by atoms with Crippen molar-refractivity contribution in [3.05, 3.63) is 90.0 Å². The molecular weight excluding hydrogens is 434 g/mol. The Kier molecular flexibility index (Phi) is 5.94. The first-order valence-corrected chi connectivity index (χ1v) is 10.6. The van der Waals surface area contributed by atoms with Gasteiger partial charge in [-0.15, -0.1) is 10.2 Å². The quantitative estimate of drug-likeness (QED) is 0.435. The number of nitrogens with one attached hydrogen (secondary N) is 1. The fourth-order valence-corrected chi connectivity index (χ4v) is 3.50. The third-order valence-corrected chi connectivity index (χ3v) is 5.23. The first-order chi connectivity index (χ1) is 16.7. The van der Waals surface area contributed by atoms with E-state index in [2.05, 4.69) is 15.5 Å². The van der Waals surface area contributed by atoms with E-state index in [-0.39, 0.29) is 12.7 Å². The number of hydrogen-bond donors (Lipinski definition) is 1. The standard InChI is InChI=1S/C26H21N3O5/c1-31-21-7-2-3-8-23(21)34-25-12-10-20(28-29-25)18-5-4-6-19(14-18)26(30)27-15-17-9-11-22-24(13-17)33-16-32-22/h2-14H,15-16H2,1H3,(H,27,30). The minimum atomic E-state index is -0.191. The third-order valence-electron chi connectivity index (χ3n) is 5.23. The summed E-state index contributed by atoms with van der Waals surface area (Å²) in [5.41, 5.74) is 2.84. The lowest BCUT2D eigenvalue weighted by atomic mass is 10.1. The summed E-state index contributed by atoms with van der Waals surface area (Å²) in [5.74, 6) is 2.70. The normalized spacial score (nSPS) is 11.7. The van der Waals surface area contributed by atoms with Crippen LogP contribution < -0.4 is 24.3 Å². The highest BCUT2D eigenvalue weighted by molar-refractivity contribution is 5.95. The van der Waals surface area contributed by atoms with Crippen molar-refractivity contribution in [1.82, 2.24) is 15.5 Å². The van der Waals surface area contributed by atoms with Gasteiger partial charge in [-0.05, 0) is 48.0 Å². The summed E-state index contributed by atoms with van der Waals surface area (Å²) in [6.07, 6.45) is 0. The van der Waals surface area contributed by atoms with Gasteiger partial charge in [-0.1, -0.05) is 30.3 Å². The van der Waals surface area contributed by atoms with Crippen LogP contribution >= 0.6 is 0 Å². The van der Waals surface area contributed by atoms with E-state index >= 15 is 0 Å². The number of methoxy groups -OCH3 is 1. The Balaban J connectivity index is 1.25. The minimum absolute atomic E-state index is 0.191.